The molecule has 22 heavy (non-hydrogen) atoms. The molecule has 0 aliphatic rings. The Kier molecular flexibility index (Phi) is 2.89. The lowest BCUT2D eigenvalue weighted by atomic mass is 10.1. The number of nitrogens with zero attached hydrogens (tertiary/aromatic N) is 2. The average molecular weight is 290 g/mol. The van der Waals surface area contributed by atoms with Gasteiger partial charge in [-0.05, 0) is 25.1 Å². The molecule has 2 N–H and O–H groups in total. The zero-order chi connectivity index (χ0) is 14.9. The Morgan fingerprint density at radius 1 is 1.05 bits per heavy atom. The molecule has 2 aromatic heterocycles. The molecule has 0 amide bonds. The number of aromatic nitrogens is 3. The van der Waals surface area contributed by atoms with Crippen LogP contribution in [0.15, 0.2) is 59.3 Å². The summed E-state index contributed by atoms with van der Waals surface area (Å²) in [6.07, 6.45) is 3.51. The molecule has 0 fully saturated rings. The van der Waals surface area contributed by atoms with E-state index in [0.29, 0.717) is 6.01 Å². The van der Waals surface area contributed by atoms with Gasteiger partial charge in [0, 0.05) is 16.6 Å². The normalized spacial score (nSPS) is 11.0. The van der Waals surface area contributed by atoms with Gasteiger partial charge in [-0.25, -0.2) is 4.98 Å². The minimum atomic E-state index is 0.471. The fraction of sp³-hybridized carbons (Fsp3) is 0.0588. The van der Waals surface area contributed by atoms with Crippen molar-refractivity contribution in [3.63, 3.8) is 0 Å². The van der Waals surface area contributed by atoms with E-state index in [1.807, 2.05) is 30.3 Å². The Hall–Kier alpha value is -3.08. The molecule has 0 bridgehead atoms. The first-order valence-electron chi connectivity index (χ1n) is 7.01. The third-order valence-electron chi connectivity index (χ3n) is 3.53. The molecular weight excluding hydrogens is 276 g/mol. The molecule has 108 valence electrons. The van der Waals surface area contributed by atoms with Gasteiger partial charge in [-0.1, -0.05) is 29.8 Å². The number of aryl methyl sites for hydroxylation is 1. The highest BCUT2D eigenvalue weighted by Gasteiger charge is 2.07. The van der Waals surface area contributed by atoms with Gasteiger partial charge in [0.1, 0.15) is 0 Å². The van der Waals surface area contributed by atoms with E-state index >= 15 is 0 Å². The highest BCUT2D eigenvalue weighted by molar-refractivity contribution is 5.82. The second-order valence-corrected chi connectivity index (χ2v) is 5.19. The van der Waals surface area contributed by atoms with Gasteiger partial charge in [0.25, 0.3) is 6.01 Å². The third kappa shape index (κ3) is 2.33. The molecule has 0 saturated heterocycles. The molecule has 4 aromatic rings. The van der Waals surface area contributed by atoms with Crippen LogP contribution in [0.2, 0.25) is 0 Å². The van der Waals surface area contributed by atoms with Crippen molar-refractivity contribution in [3.05, 3.63) is 60.4 Å². The Balaban J connectivity index is 1.59. The first-order chi connectivity index (χ1) is 10.8. The van der Waals surface area contributed by atoms with Crippen molar-refractivity contribution in [2.45, 2.75) is 6.92 Å². The molecule has 2 aromatic carbocycles. The van der Waals surface area contributed by atoms with Gasteiger partial charge in [-0.2, -0.15) is 5.10 Å². The van der Waals surface area contributed by atoms with Crippen LogP contribution in [0.3, 0.4) is 0 Å². The summed E-state index contributed by atoms with van der Waals surface area (Å²) in [4.78, 5) is 4.28. The Morgan fingerprint density at radius 2 is 1.91 bits per heavy atom. The molecule has 0 radical (unpaired) electrons. The summed E-state index contributed by atoms with van der Waals surface area (Å²) in [6.45, 7) is 2.06. The van der Waals surface area contributed by atoms with E-state index < -0.39 is 0 Å². The topological polar surface area (TPSA) is 66.7 Å². The Morgan fingerprint density at radius 3 is 2.77 bits per heavy atom. The average Bonchev–Trinajstić information content (AvgIpc) is 3.17. The largest absolute Gasteiger partial charge is 0.423 e. The first kappa shape index (κ1) is 12.6. The molecule has 0 atom stereocenters. The van der Waals surface area contributed by atoms with E-state index in [2.05, 4.69) is 39.6 Å². The monoisotopic (exact) mass is 290 g/mol. The van der Waals surface area contributed by atoms with Gasteiger partial charge in [-0.15, -0.1) is 0 Å². The number of hydrogen-bond donors (Lipinski definition) is 2. The Bertz CT molecular complexity index is 921. The second-order valence-electron chi connectivity index (χ2n) is 5.19. The van der Waals surface area contributed by atoms with Gasteiger partial charge in [-0.3, -0.25) is 5.10 Å². The summed E-state index contributed by atoms with van der Waals surface area (Å²) in [5.74, 6) is 0.742. The highest BCUT2D eigenvalue weighted by atomic mass is 16.4. The molecule has 0 saturated carbocycles. The standard InChI is InChI=1S/C17H14N4O/c1-11-2-4-12(5-3-11)16-10-18-17(22-16)20-14-6-7-15-13(8-14)9-19-21-15/h2-10H,1H3,(H,18,20)(H,19,21). The Labute approximate surface area is 127 Å². The highest BCUT2D eigenvalue weighted by Crippen LogP contribution is 2.25. The van der Waals surface area contributed by atoms with Crippen molar-refractivity contribution in [2.24, 2.45) is 0 Å². The van der Waals surface area contributed by atoms with E-state index in [1.165, 1.54) is 5.56 Å². The van der Waals surface area contributed by atoms with Gasteiger partial charge in [0.2, 0.25) is 0 Å². The smallest absolute Gasteiger partial charge is 0.299 e. The summed E-state index contributed by atoms with van der Waals surface area (Å²) < 4.78 is 5.76. The number of hydrogen-bond acceptors (Lipinski definition) is 4. The maximum absolute atomic E-state index is 5.76. The van der Waals surface area contributed by atoms with Crippen molar-refractivity contribution in [3.8, 4) is 11.3 Å². The molecule has 0 unspecified atom stereocenters. The number of anilines is 2. The second kappa shape index (κ2) is 5.04. The molecule has 0 spiro atoms. The van der Waals surface area contributed by atoms with Crippen LogP contribution in [0.1, 0.15) is 5.56 Å². The fourth-order valence-electron chi connectivity index (χ4n) is 2.33. The molecule has 5 heteroatoms. The summed E-state index contributed by atoms with van der Waals surface area (Å²) in [6, 6.07) is 14.5. The molecular formula is C17H14N4O. The number of fused-ring (bicyclic) bond motifs is 1. The zero-order valence-corrected chi connectivity index (χ0v) is 12.0. The number of aromatic amines is 1. The van der Waals surface area contributed by atoms with Crippen molar-refractivity contribution in [1.82, 2.24) is 15.2 Å². The van der Waals surface area contributed by atoms with Gasteiger partial charge in [0.15, 0.2) is 5.76 Å². The number of rotatable bonds is 3. The van der Waals surface area contributed by atoms with Crippen molar-refractivity contribution >= 4 is 22.6 Å². The van der Waals surface area contributed by atoms with Crippen LogP contribution in [-0.2, 0) is 0 Å². The summed E-state index contributed by atoms with van der Waals surface area (Å²) in [5, 5.41) is 11.1. The molecule has 4 rings (SSSR count). The van der Waals surface area contributed by atoms with Crippen molar-refractivity contribution in [2.75, 3.05) is 5.32 Å². The lowest BCUT2D eigenvalue weighted by Crippen LogP contribution is -1.89. The van der Waals surface area contributed by atoms with Crippen molar-refractivity contribution in [1.29, 1.82) is 0 Å². The maximum Gasteiger partial charge on any atom is 0.299 e. The first-order valence-corrected chi connectivity index (χ1v) is 7.01. The summed E-state index contributed by atoms with van der Waals surface area (Å²) in [7, 11) is 0. The van der Waals surface area contributed by atoms with Gasteiger partial charge in [0.05, 0.1) is 17.9 Å². The van der Waals surface area contributed by atoms with E-state index in [-0.39, 0.29) is 0 Å². The number of oxazole rings is 1. The number of nitrogens with one attached hydrogen (secondary N) is 2. The van der Waals surface area contributed by atoms with E-state index in [4.69, 9.17) is 4.42 Å². The van der Waals surface area contributed by atoms with Crippen LogP contribution in [0, 0.1) is 6.92 Å². The van der Waals surface area contributed by atoms with Gasteiger partial charge < -0.3 is 9.73 Å². The molecule has 5 nitrogen and oxygen atoms in total. The van der Waals surface area contributed by atoms with Crippen LogP contribution in [0.5, 0.6) is 0 Å². The minimum Gasteiger partial charge on any atom is -0.423 e. The molecule has 0 aliphatic carbocycles. The summed E-state index contributed by atoms with van der Waals surface area (Å²) in [5.41, 5.74) is 4.14. The van der Waals surface area contributed by atoms with Crippen LogP contribution in [0.4, 0.5) is 11.7 Å². The predicted molar refractivity (Wildman–Crippen MR) is 86.1 cm³/mol. The maximum atomic E-state index is 5.76. The number of H-pyrrole nitrogens is 1. The van der Waals surface area contributed by atoms with Crippen molar-refractivity contribution < 1.29 is 4.42 Å². The SMILES string of the molecule is Cc1ccc(-c2cnc(Nc3ccc4[nH]ncc4c3)o2)cc1. The van der Waals surface area contributed by atoms with Crippen LogP contribution in [-0.4, -0.2) is 15.2 Å². The van der Waals surface area contributed by atoms with Gasteiger partial charge >= 0.3 is 0 Å². The lowest BCUT2D eigenvalue weighted by molar-refractivity contribution is 0.592. The number of benzene rings is 2. The predicted octanol–water partition coefficient (Wildman–Crippen LogP) is 4.27. The molecule has 0 aliphatic heterocycles. The lowest BCUT2D eigenvalue weighted by Gasteiger charge is -2.01. The third-order valence-corrected chi connectivity index (χ3v) is 3.53. The fourth-order valence-corrected chi connectivity index (χ4v) is 2.33. The minimum absolute atomic E-state index is 0.471. The van der Waals surface area contributed by atoms with Crippen LogP contribution < -0.4 is 5.32 Å². The van der Waals surface area contributed by atoms with Crippen LogP contribution >= 0.6 is 0 Å². The summed E-state index contributed by atoms with van der Waals surface area (Å²) >= 11 is 0. The zero-order valence-electron chi connectivity index (χ0n) is 12.0. The van der Waals surface area contributed by atoms with E-state index in [9.17, 15) is 0 Å². The quantitative estimate of drug-likeness (QED) is 0.591. The van der Waals surface area contributed by atoms with Crippen LogP contribution in [0.25, 0.3) is 22.2 Å². The van der Waals surface area contributed by atoms with E-state index in [0.717, 1.165) is 27.9 Å². The molecule has 2 heterocycles. The van der Waals surface area contributed by atoms with E-state index in [1.54, 1.807) is 12.4 Å².